The molecule has 7 heteroatoms. The van der Waals surface area contributed by atoms with Gasteiger partial charge < -0.3 is 23.7 Å². The van der Waals surface area contributed by atoms with Gasteiger partial charge in [-0.1, -0.05) is 68.8 Å². The number of rotatable bonds is 16. The third-order valence-electron chi connectivity index (χ3n) is 6.84. The smallest absolute Gasteiger partial charge is 0.341 e. The fourth-order valence-corrected chi connectivity index (χ4v) is 4.64. The van der Waals surface area contributed by atoms with Gasteiger partial charge in [0.15, 0.2) is 6.29 Å². The molecule has 0 unspecified atom stereocenters. The van der Waals surface area contributed by atoms with Crippen LogP contribution < -0.4 is 18.9 Å². The second-order valence-corrected chi connectivity index (χ2v) is 9.87. The summed E-state index contributed by atoms with van der Waals surface area (Å²) in [5, 5.41) is 0. The number of hydrogen-bond donors (Lipinski definition) is 0. The fraction of sp³-hybridized carbons (Fsp3) is 0.278. The number of aldehydes is 1. The van der Waals surface area contributed by atoms with Gasteiger partial charge in [-0.15, -0.1) is 0 Å². The van der Waals surface area contributed by atoms with Crippen LogP contribution in [-0.2, 0) is 24.2 Å². The van der Waals surface area contributed by atoms with Crippen LogP contribution in [0.4, 0.5) is 0 Å². The highest BCUT2D eigenvalue weighted by Crippen LogP contribution is 2.35. The van der Waals surface area contributed by atoms with Crippen LogP contribution >= 0.6 is 0 Å². The van der Waals surface area contributed by atoms with Crippen LogP contribution in [-0.4, -0.2) is 32.6 Å². The molecule has 0 radical (unpaired) electrons. The Labute approximate surface area is 253 Å². The predicted molar refractivity (Wildman–Crippen MR) is 166 cm³/mol. The van der Waals surface area contributed by atoms with Gasteiger partial charge in [0, 0.05) is 18.1 Å². The van der Waals surface area contributed by atoms with E-state index in [0.717, 1.165) is 48.0 Å². The van der Waals surface area contributed by atoms with E-state index in [4.69, 9.17) is 23.7 Å². The number of hydrogen-bond acceptors (Lipinski definition) is 7. The number of carbonyl (C=O) groups is 2. The lowest BCUT2D eigenvalue weighted by Crippen LogP contribution is -2.08. The highest BCUT2D eigenvalue weighted by Gasteiger charge is 2.17. The Morgan fingerprint density at radius 2 is 1.44 bits per heavy atom. The van der Waals surface area contributed by atoms with Gasteiger partial charge in [0.05, 0.1) is 25.9 Å². The van der Waals surface area contributed by atoms with Gasteiger partial charge >= 0.3 is 5.97 Å². The molecule has 7 nitrogen and oxygen atoms in total. The average molecular weight is 583 g/mol. The molecule has 0 aromatic heterocycles. The number of carbonyl (C=O) groups excluding carboxylic acids is 2. The molecule has 4 aromatic rings. The van der Waals surface area contributed by atoms with Gasteiger partial charge in [-0.3, -0.25) is 4.79 Å². The van der Waals surface area contributed by atoms with Crippen LogP contribution in [0, 0.1) is 0 Å². The maximum Gasteiger partial charge on any atom is 0.341 e. The molecule has 0 heterocycles. The summed E-state index contributed by atoms with van der Waals surface area (Å²) < 4.78 is 29.4. The second kappa shape index (κ2) is 16.0. The van der Waals surface area contributed by atoms with Gasteiger partial charge in [0.1, 0.15) is 40.9 Å². The van der Waals surface area contributed by atoms with E-state index in [1.165, 1.54) is 7.11 Å². The molecule has 224 valence electrons. The minimum Gasteiger partial charge on any atom is -0.493 e. The number of ether oxygens (including phenoxy) is 5. The summed E-state index contributed by atoms with van der Waals surface area (Å²) in [5.74, 6) is 2.53. The first-order valence-corrected chi connectivity index (χ1v) is 14.6. The lowest BCUT2D eigenvalue weighted by Gasteiger charge is -2.17. The van der Waals surface area contributed by atoms with Crippen molar-refractivity contribution in [1.82, 2.24) is 0 Å². The summed E-state index contributed by atoms with van der Waals surface area (Å²) in [4.78, 5) is 24.0. The number of aryl methyl sites for hydroxylation is 1. The number of methoxy groups -OCH3 is 1. The molecular weight excluding hydrogens is 544 g/mol. The van der Waals surface area contributed by atoms with Crippen LogP contribution in [0.1, 0.15) is 64.1 Å². The van der Waals surface area contributed by atoms with Crippen LogP contribution in [0.2, 0.25) is 0 Å². The second-order valence-electron chi connectivity index (χ2n) is 9.87. The Kier molecular flexibility index (Phi) is 11.6. The molecular formula is C36H38O7. The summed E-state index contributed by atoms with van der Waals surface area (Å²) in [6.45, 7) is 5.34. The molecule has 0 fully saturated rings. The third kappa shape index (κ3) is 8.38. The molecule has 0 bridgehead atoms. The third-order valence-corrected chi connectivity index (χ3v) is 6.84. The lowest BCUT2D eigenvalue weighted by molar-refractivity contribution is 0.0597. The molecule has 0 N–H and O–H groups in total. The quantitative estimate of drug-likeness (QED) is 0.0752. The highest BCUT2D eigenvalue weighted by atomic mass is 16.5. The van der Waals surface area contributed by atoms with E-state index in [-0.39, 0.29) is 0 Å². The summed E-state index contributed by atoms with van der Waals surface area (Å²) in [5.41, 5.74) is 3.75. The monoisotopic (exact) mass is 582 g/mol. The van der Waals surface area contributed by atoms with E-state index >= 15 is 0 Å². The Balaban J connectivity index is 1.40. The molecule has 0 amide bonds. The van der Waals surface area contributed by atoms with E-state index in [9.17, 15) is 9.59 Å². The van der Waals surface area contributed by atoms with E-state index in [2.05, 4.69) is 6.92 Å². The molecule has 0 aliphatic rings. The van der Waals surface area contributed by atoms with E-state index < -0.39 is 5.97 Å². The van der Waals surface area contributed by atoms with Gasteiger partial charge in [0.25, 0.3) is 0 Å². The van der Waals surface area contributed by atoms with Crippen molar-refractivity contribution in [2.24, 2.45) is 0 Å². The molecule has 0 saturated carbocycles. The molecule has 0 spiro atoms. The Hall–Kier alpha value is -4.78. The van der Waals surface area contributed by atoms with Crippen molar-refractivity contribution in [3.63, 3.8) is 0 Å². The lowest BCUT2D eigenvalue weighted by atomic mass is 10.1. The first-order chi connectivity index (χ1) is 21.1. The summed E-state index contributed by atoms with van der Waals surface area (Å²) >= 11 is 0. The van der Waals surface area contributed by atoms with E-state index in [1.807, 2.05) is 67.6 Å². The van der Waals surface area contributed by atoms with Crippen molar-refractivity contribution in [3.8, 4) is 28.7 Å². The maximum atomic E-state index is 12.2. The van der Waals surface area contributed by atoms with Crippen molar-refractivity contribution in [2.45, 2.75) is 46.1 Å². The Bertz CT molecular complexity index is 1500. The predicted octanol–water partition coefficient (Wildman–Crippen LogP) is 8.02. The summed E-state index contributed by atoms with van der Waals surface area (Å²) in [6.07, 6.45) is 3.82. The fourth-order valence-electron chi connectivity index (χ4n) is 4.64. The topological polar surface area (TPSA) is 80.3 Å². The van der Waals surface area contributed by atoms with Crippen LogP contribution in [0.25, 0.3) is 0 Å². The number of esters is 1. The van der Waals surface area contributed by atoms with Crippen LogP contribution in [0.15, 0.2) is 84.9 Å². The molecule has 43 heavy (non-hydrogen) atoms. The zero-order valence-corrected chi connectivity index (χ0v) is 25.0. The van der Waals surface area contributed by atoms with Gasteiger partial charge in [-0.05, 0) is 54.3 Å². The standard InChI is InChI=1S/C36H38O7/c1-4-13-29-31(18-11-19-32(29)43-33-17-10-9-16-30(33)36(38)39-3)40-20-12-21-41-34-23-35(28(24-37)22-27(34)5-2)42-25-26-14-7-6-8-15-26/h6-11,14-19,22-24H,4-5,12-13,20-21,25H2,1-3H3. The van der Waals surface area contributed by atoms with Gasteiger partial charge in [-0.25, -0.2) is 4.79 Å². The van der Waals surface area contributed by atoms with Crippen LogP contribution in [0.5, 0.6) is 28.7 Å². The maximum absolute atomic E-state index is 12.2. The van der Waals surface area contributed by atoms with Crippen molar-refractivity contribution < 1.29 is 33.3 Å². The van der Waals surface area contributed by atoms with E-state index in [1.54, 1.807) is 24.3 Å². The largest absolute Gasteiger partial charge is 0.493 e. The molecule has 4 aromatic carbocycles. The Morgan fingerprint density at radius 3 is 2.16 bits per heavy atom. The molecule has 0 saturated heterocycles. The van der Waals surface area contributed by atoms with Gasteiger partial charge in [0.2, 0.25) is 0 Å². The molecule has 0 atom stereocenters. The summed E-state index contributed by atoms with van der Waals surface area (Å²) in [7, 11) is 1.35. The molecule has 0 aliphatic carbocycles. The van der Waals surface area contributed by atoms with Crippen LogP contribution in [0.3, 0.4) is 0 Å². The van der Waals surface area contributed by atoms with E-state index in [0.29, 0.717) is 60.4 Å². The first kappa shape index (κ1) is 31.2. The zero-order chi connectivity index (χ0) is 30.4. The Morgan fingerprint density at radius 1 is 0.744 bits per heavy atom. The van der Waals surface area contributed by atoms with Crippen molar-refractivity contribution >= 4 is 12.3 Å². The SMILES string of the molecule is CCCc1c(OCCCOc2cc(OCc3ccccc3)c(C=O)cc2CC)cccc1Oc1ccccc1C(=O)OC. The normalized spacial score (nSPS) is 10.6. The number of para-hydroxylation sites is 1. The summed E-state index contributed by atoms with van der Waals surface area (Å²) in [6, 6.07) is 26.1. The number of benzene rings is 4. The van der Waals surface area contributed by atoms with Crippen molar-refractivity contribution in [3.05, 3.63) is 113 Å². The first-order valence-electron chi connectivity index (χ1n) is 14.6. The zero-order valence-electron chi connectivity index (χ0n) is 25.0. The molecule has 4 rings (SSSR count). The average Bonchev–Trinajstić information content (AvgIpc) is 3.05. The van der Waals surface area contributed by atoms with Crippen molar-refractivity contribution in [2.75, 3.05) is 20.3 Å². The highest BCUT2D eigenvalue weighted by molar-refractivity contribution is 5.92. The van der Waals surface area contributed by atoms with Gasteiger partial charge in [-0.2, -0.15) is 0 Å². The molecule has 0 aliphatic heterocycles. The van der Waals surface area contributed by atoms with Crippen molar-refractivity contribution in [1.29, 1.82) is 0 Å². The minimum absolute atomic E-state index is 0.358. The minimum atomic E-state index is -0.457.